The number of para-hydroxylation sites is 1. The number of carboxylic acids is 1. The number of benzene rings is 1. The van der Waals surface area contributed by atoms with Crippen molar-refractivity contribution < 1.29 is 23.9 Å². The van der Waals surface area contributed by atoms with Crippen LogP contribution in [0, 0.1) is 5.82 Å². The number of hydrogen-bond donors (Lipinski definition) is 1. The number of rotatable bonds is 4. The van der Waals surface area contributed by atoms with Crippen LogP contribution in [0.5, 0.6) is 0 Å². The predicted octanol–water partition coefficient (Wildman–Crippen LogP) is 2.46. The minimum atomic E-state index is -1.10. The molecular weight excluding hydrogens is 347 g/mol. The van der Waals surface area contributed by atoms with E-state index in [1.54, 1.807) is 12.1 Å². The zero-order valence-corrected chi connectivity index (χ0v) is 14.1. The lowest BCUT2D eigenvalue weighted by Gasteiger charge is -2.23. The van der Waals surface area contributed by atoms with Gasteiger partial charge in [-0.2, -0.15) is 0 Å². The molecule has 1 aromatic heterocycles. The molecule has 0 aliphatic carbocycles. The molecule has 6 nitrogen and oxygen atoms in total. The van der Waals surface area contributed by atoms with Crippen molar-refractivity contribution >= 4 is 34.8 Å². The third-order valence-corrected chi connectivity index (χ3v) is 5.20. The van der Waals surface area contributed by atoms with Crippen LogP contribution in [0.4, 0.5) is 10.1 Å². The Bertz CT molecular complexity index is 851. The zero-order chi connectivity index (χ0) is 18.1. The molecule has 1 N–H and O–H groups in total. The first-order valence-electron chi connectivity index (χ1n) is 7.56. The molecule has 1 atom stereocenters. The molecule has 1 unspecified atom stereocenters. The summed E-state index contributed by atoms with van der Waals surface area (Å²) in [6.07, 6.45) is 0.382. The quantitative estimate of drug-likeness (QED) is 0.906. The van der Waals surface area contributed by atoms with Gasteiger partial charge in [-0.05, 0) is 30.7 Å². The molecule has 1 saturated heterocycles. The number of anilines is 1. The molecule has 0 bridgehead atoms. The van der Waals surface area contributed by atoms with E-state index in [1.165, 1.54) is 41.1 Å². The summed E-state index contributed by atoms with van der Waals surface area (Å²) in [5, 5.41) is 8.95. The molecule has 1 aliphatic heterocycles. The first-order valence-corrected chi connectivity index (χ1v) is 8.38. The first-order chi connectivity index (χ1) is 11.9. The summed E-state index contributed by atoms with van der Waals surface area (Å²) in [5.41, 5.74) is 0.195. The minimum absolute atomic E-state index is 0.0579. The molecular formula is C17H15FN2O4S. The lowest BCUT2D eigenvalue weighted by Crippen LogP contribution is -2.42. The second kappa shape index (κ2) is 6.64. The van der Waals surface area contributed by atoms with Gasteiger partial charge < -0.3 is 14.9 Å². The Balaban J connectivity index is 1.78. The molecule has 0 saturated carbocycles. The van der Waals surface area contributed by atoms with E-state index in [4.69, 9.17) is 5.11 Å². The Morgan fingerprint density at radius 3 is 2.56 bits per heavy atom. The van der Waals surface area contributed by atoms with Crippen molar-refractivity contribution in [2.75, 3.05) is 18.5 Å². The number of carbonyl (C=O) groups excluding carboxylic acids is 2. The van der Waals surface area contributed by atoms with Gasteiger partial charge in [-0.25, -0.2) is 9.18 Å². The summed E-state index contributed by atoms with van der Waals surface area (Å²) in [6.45, 7) is 0.312. The summed E-state index contributed by atoms with van der Waals surface area (Å²) < 4.78 is 13.9. The Hall–Kier alpha value is -2.74. The van der Waals surface area contributed by atoms with Crippen LogP contribution in [0.3, 0.4) is 0 Å². The highest BCUT2D eigenvalue weighted by Crippen LogP contribution is 2.27. The molecule has 1 aliphatic rings. The summed E-state index contributed by atoms with van der Waals surface area (Å²) in [4.78, 5) is 39.0. The van der Waals surface area contributed by atoms with E-state index in [2.05, 4.69) is 0 Å². The van der Waals surface area contributed by atoms with Gasteiger partial charge in [0.1, 0.15) is 16.7 Å². The van der Waals surface area contributed by atoms with Gasteiger partial charge in [0, 0.05) is 13.6 Å². The molecule has 1 fully saturated rings. The van der Waals surface area contributed by atoms with Gasteiger partial charge in [0.15, 0.2) is 0 Å². The van der Waals surface area contributed by atoms with Gasteiger partial charge >= 0.3 is 5.97 Å². The van der Waals surface area contributed by atoms with Gasteiger partial charge in [-0.15, -0.1) is 11.3 Å². The molecule has 3 rings (SSSR count). The SMILES string of the molecule is CN(C(=O)c1ccc(C(=O)O)s1)C1CCN(c2ccccc2F)C1=O. The average Bonchev–Trinajstić information content (AvgIpc) is 3.21. The molecule has 2 amide bonds. The molecule has 8 heteroatoms. The Morgan fingerprint density at radius 2 is 1.92 bits per heavy atom. The van der Waals surface area contributed by atoms with Crippen molar-refractivity contribution in [3.8, 4) is 0 Å². The highest BCUT2D eigenvalue weighted by Gasteiger charge is 2.38. The maximum absolute atomic E-state index is 13.9. The fraction of sp³-hybridized carbons (Fsp3) is 0.235. The first kappa shape index (κ1) is 17.1. The normalized spacial score (nSPS) is 17.0. The van der Waals surface area contributed by atoms with E-state index in [9.17, 15) is 18.8 Å². The second-order valence-electron chi connectivity index (χ2n) is 5.63. The van der Waals surface area contributed by atoms with Crippen LogP contribution in [0.2, 0.25) is 0 Å². The van der Waals surface area contributed by atoms with Crippen molar-refractivity contribution in [2.45, 2.75) is 12.5 Å². The van der Waals surface area contributed by atoms with E-state index < -0.39 is 23.7 Å². The third kappa shape index (κ3) is 3.12. The Labute approximate surface area is 147 Å². The van der Waals surface area contributed by atoms with Gasteiger partial charge in [0.05, 0.1) is 10.6 Å². The van der Waals surface area contributed by atoms with Crippen LogP contribution in [0.1, 0.15) is 25.8 Å². The Morgan fingerprint density at radius 1 is 1.24 bits per heavy atom. The summed E-state index contributed by atoms with van der Waals surface area (Å²) in [5.74, 6) is -2.37. The van der Waals surface area contributed by atoms with Crippen LogP contribution in [-0.2, 0) is 4.79 Å². The Kier molecular flexibility index (Phi) is 4.54. The topological polar surface area (TPSA) is 77.9 Å². The van der Waals surface area contributed by atoms with E-state index in [0.717, 1.165) is 11.3 Å². The van der Waals surface area contributed by atoms with Crippen molar-refractivity contribution in [3.63, 3.8) is 0 Å². The fourth-order valence-corrected chi connectivity index (χ4v) is 3.64. The van der Waals surface area contributed by atoms with Crippen molar-refractivity contribution in [2.24, 2.45) is 0 Å². The van der Waals surface area contributed by atoms with Gasteiger partial charge in [0.2, 0.25) is 5.91 Å². The highest BCUT2D eigenvalue weighted by atomic mass is 32.1. The number of amides is 2. The van der Waals surface area contributed by atoms with Crippen LogP contribution < -0.4 is 4.90 Å². The molecule has 2 aromatic rings. The average molecular weight is 362 g/mol. The van der Waals surface area contributed by atoms with Gasteiger partial charge in [-0.3, -0.25) is 9.59 Å². The van der Waals surface area contributed by atoms with Crippen LogP contribution in [-0.4, -0.2) is 47.4 Å². The van der Waals surface area contributed by atoms with E-state index >= 15 is 0 Å². The number of carbonyl (C=O) groups is 3. The lowest BCUT2D eigenvalue weighted by molar-refractivity contribution is -0.120. The molecule has 25 heavy (non-hydrogen) atoms. The second-order valence-corrected chi connectivity index (χ2v) is 6.71. The number of aromatic carboxylic acids is 1. The number of nitrogens with zero attached hydrogens (tertiary/aromatic N) is 2. The lowest BCUT2D eigenvalue weighted by atomic mass is 10.2. The maximum Gasteiger partial charge on any atom is 0.345 e. The molecule has 0 radical (unpaired) electrons. The number of likely N-dealkylation sites (N-methyl/N-ethyl adjacent to an activating group) is 1. The fourth-order valence-electron chi connectivity index (χ4n) is 2.82. The van der Waals surface area contributed by atoms with Gasteiger partial charge in [-0.1, -0.05) is 12.1 Å². The molecule has 2 heterocycles. The minimum Gasteiger partial charge on any atom is -0.477 e. The predicted molar refractivity (Wildman–Crippen MR) is 90.5 cm³/mol. The summed E-state index contributed by atoms with van der Waals surface area (Å²) >= 11 is 0.861. The summed E-state index contributed by atoms with van der Waals surface area (Å²) in [7, 11) is 1.50. The van der Waals surface area contributed by atoms with Crippen LogP contribution >= 0.6 is 11.3 Å². The monoisotopic (exact) mass is 362 g/mol. The van der Waals surface area contributed by atoms with Crippen LogP contribution in [0.25, 0.3) is 0 Å². The van der Waals surface area contributed by atoms with E-state index in [-0.39, 0.29) is 21.3 Å². The van der Waals surface area contributed by atoms with E-state index in [1.807, 2.05) is 0 Å². The number of hydrogen-bond acceptors (Lipinski definition) is 4. The largest absolute Gasteiger partial charge is 0.477 e. The van der Waals surface area contributed by atoms with Crippen molar-refractivity contribution in [1.29, 1.82) is 0 Å². The van der Waals surface area contributed by atoms with E-state index in [0.29, 0.717) is 13.0 Å². The number of thiophene rings is 1. The molecule has 130 valence electrons. The molecule has 1 aromatic carbocycles. The number of carboxylic acid groups (broad SMARTS) is 1. The maximum atomic E-state index is 13.9. The highest BCUT2D eigenvalue weighted by molar-refractivity contribution is 7.15. The third-order valence-electron chi connectivity index (χ3n) is 4.14. The standard InChI is InChI=1S/C17H15FN2O4S/c1-19(16(22)13-6-7-14(25-13)17(23)24)12-8-9-20(15(12)21)11-5-3-2-4-10(11)18/h2-7,12H,8-9H2,1H3,(H,23,24). The number of halogens is 1. The molecule has 0 spiro atoms. The van der Waals surface area contributed by atoms with Gasteiger partial charge in [0.25, 0.3) is 5.91 Å². The van der Waals surface area contributed by atoms with Crippen molar-refractivity contribution in [3.05, 3.63) is 52.0 Å². The van der Waals surface area contributed by atoms with Crippen LogP contribution in [0.15, 0.2) is 36.4 Å². The van der Waals surface area contributed by atoms with Crippen molar-refractivity contribution in [1.82, 2.24) is 4.90 Å². The smallest absolute Gasteiger partial charge is 0.345 e. The zero-order valence-electron chi connectivity index (χ0n) is 13.3. The summed E-state index contributed by atoms with van der Waals surface area (Å²) in [6, 6.07) is 8.08.